The number of carbonyl (C=O) groups is 1. The van der Waals surface area contributed by atoms with Gasteiger partial charge in [-0.2, -0.15) is 0 Å². The van der Waals surface area contributed by atoms with Gasteiger partial charge in [-0.15, -0.1) is 0 Å². The Labute approximate surface area is 163 Å². The molecule has 0 bridgehead atoms. The molecule has 3 aromatic rings. The zero-order valence-corrected chi connectivity index (χ0v) is 16.0. The highest BCUT2D eigenvalue weighted by Gasteiger charge is 2.15. The Morgan fingerprint density at radius 3 is 2.29 bits per heavy atom. The molecule has 0 unspecified atom stereocenters. The molecule has 3 aromatic carbocycles. The highest BCUT2D eigenvalue weighted by molar-refractivity contribution is 7.92. The molecule has 0 atom stereocenters. The summed E-state index contributed by atoms with van der Waals surface area (Å²) in [5.41, 5.74) is 2.50. The van der Waals surface area contributed by atoms with Crippen LogP contribution < -0.4 is 10.0 Å². The lowest BCUT2D eigenvalue weighted by atomic mass is 10.2. The summed E-state index contributed by atoms with van der Waals surface area (Å²) in [7, 11) is -3.75. The van der Waals surface area contributed by atoms with Gasteiger partial charge in [-0.1, -0.05) is 24.3 Å². The van der Waals surface area contributed by atoms with Crippen molar-refractivity contribution < 1.29 is 17.6 Å². The number of nitrogens with one attached hydrogen (secondary N) is 2. The number of hydrogen-bond donors (Lipinski definition) is 2. The zero-order chi connectivity index (χ0) is 20.1. The minimum atomic E-state index is -3.75. The maximum absolute atomic E-state index is 12.9. The van der Waals surface area contributed by atoms with Crippen LogP contribution in [0.3, 0.4) is 0 Å². The topological polar surface area (TPSA) is 75.3 Å². The molecule has 7 heteroatoms. The van der Waals surface area contributed by atoms with Crippen LogP contribution >= 0.6 is 0 Å². The van der Waals surface area contributed by atoms with Gasteiger partial charge in [-0.3, -0.25) is 9.52 Å². The van der Waals surface area contributed by atoms with Gasteiger partial charge in [0.25, 0.3) is 15.9 Å². The third kappa shape index (κ3) is 4.95. The number of carbonyl (C=O) groups excluding carboxylic acids is 1. The molecular weight excluding hydrogens is 379 g/mol. The van der Waals surface area contributed by atoms with Crippen LogP contribution in [0.15, 0.2) is 77.7 Å². The van der Waals surface area contributed by atoms with Gasteiger partial charge in [-0.05, 0) is 66.6 Å². The van der Waals surface area contributed by atoms with E-state index in [0.29, 0.717) is 11.3 Å². The van der Waals surface area contributed by atoms with Crippen LogP contribution in [-0.4, -0.2) is 14.3 Å². The average molecular weight is 398 g/mol. The summed E-state index contributed by atoms with van der Waals surface area (Å²) in [6.07, 6.45) is 0. The molecule has 3 rings (SSSR count). The van der Waals surface area contributed by atoms with Crippen LogP contribution in [0.5, 0.6) is 0 Å². The fraction of sp³-hybridized carbons (Fsp3) is 0.0952. The Kier molecular flexibility index (Phi) is 5.75. The van der Waals surface area contributed by atoms with Gasteiger partial charge in [0.05, 0.1) is 4.90 Å². The summed E-state index contributed by atoms with van der Waals surface area (Å²) in [6.45, 7) is 2.12. The first-order valence-electron chi connectivity index (χ1n) is 8.56. The molecule has 0 saturated carbocycles. The molecule has 1 amide bonds. The van der Waals surface area contributed by atoms with Crippen LogP contribution in [0.1, 0.15) is 21.5 Å². The van der Waals surface area contributed by atoms with E-state index in [4.69, 9.17) is 0 Å². The van der Waals surface area contributed by atoms with Crippen molar-refractivity contribution >= 4 is 21.6 Å². The number of halogens is 1. The molecule has 0 radical (unpaired) electrons. The van der Waals surface area contributed by atoms with E-state index in [2.05, 4.69) is 10.0 Å². The molecule has 28 heavy (non-hydrogen) atoms. The largest absolute Gasteiger partial charge is 0.348 e. The molecule has 0 saturated heterocycles. The van der Waals surface area contributed by atoms with Crippen molar-refractivity contribution in [2.45, 2.75) is 18.4 Å². The Balaban J connectivity index is 1.66. The van der Waals surface area contributed by atoms with Crippen molar-refractivity contribution in [2.24, 2.45) is 0 Å². The Hall–Kier alpha value is -3.19. The smallest absolute Gasteiger partial charge is 0.261 e. The monoisotopic (exact) mass is 398 g/mol. The van der Waals surface area contributed by atoms with E-state index in [1.165, 1.54) is 36.4 Å². The first-order valence-corrected chi connectivity index (χ1v) is 10.0. The molecule has 0 heterocycles. The van der Waals surface area contributed by atoms with Crippen LogP contribution in [0.4, 0.5) is 10.1 Å². The SMILES string of the molecule is Cc1cccc(NS(=O)(=O)c2ccc(C(=O)NCc3ccc(F)cc3)cc2)c1. The summed E-state index contributed by atoms with van der Waals surface area (Å²) in [5.74, 6) is -0.689. The van der Waals surface area contributed by atoms with E-state index in [0.717, 1.165) is 11.1 Å². The average Bonchev–Trinajstić information content (AvgIpc) is 2.67. The standard InChI is InChI=1S/C21H19FN2O3S/c1-15-3-2-4-19(13-15)24-28(26,27)20-11-7-17(8-12-20)21(25)23-14-16-5-9-18(22)10-6-16/h2-13,24H,14H2,1H3,(H,23,25). The lowest BCUT2D eigenvalue weighted by Gasteiger charge is -2.10. The van der Waals surface area contributed by atoms with Gasteiger partial charge in [0.1, 0.15) is 5.82 Å². The number of aryl methyl sites for hydroxylation is 1. The van der Waals surface area contributed by atoms with Crippen molar-refractivity contribution in [3.05, 3.63) is 95.3 Å². The zero-order valence-electron chi connectivity index (χ0n) is 15.1. The third-order valence-corrected chi connectivity index (χ3v) is 5.46. The molecule has 0 aliphatic rings. The molecule has 0 aliphatic carbocycles. The van der Waals surface area contributed by atoms with Crippen LogP contribution in [0, 0.1) is 12.7 Å². The van der Waals surface area contributed by atoms with Gasteiger partial charge in [0, 0.05) is 17.8 Å². The van der Waals surface area contributed by atoms with Crippen molar-refractivity contribution in [2.75, 3.05) is 4.72 Å². The number of anilines is 1. The van der Waals surface area contributed by atoms with Crippen molar-refractivity contribution in [3.8, 4) is 0 Å². The summed E-state index contributed by atoms with van der Waals surface area (Å²) in [6, 6.07) is 18.5. The van der Waals surface area contributed by atoms with E-state index in [1.807, 2.05) is 13.0 Å². The molecule has 2 N–H and O–H groups in total. The van der Waals surface area contributed by atoms with Crippen molar-refractivity contribution in [3.63, 3.8) is 0 Å². The van der Waals surface area contributed by atoms with Crippen LogP contribution in [0.2, 0.25) is 0 Å². The van der Waals surface area contributed by atoms with E-state index in [1.54, 1.807) is 30.3 Å². The molecule has 5 nitrogen and oxygen atoms in total. The second-order valence-corrected chi connectivity index (χ2v) is 7.99. The maximum atomic E-state index is 12.9. The number of benzene rings is 3. The van der Waals surface area contributed by atoms with Gasteiger partial charge >= 0.3 is 0 Å². The highest BCUT2D eigenvalue weighted by atomic mass is 32.2. The minimum absolute atomic E-state index is 0.0593. The van der Waals surface area contributed by atoms with Gasteiger partial charge in [0.15, 0.2) is 0 Å². The molecule has 0 fully saturated rings. The Morgan fingerprint density at radius 1 is 0.964 bits per heavy atom. The third-order valence-electron chi connectivity index (χ3n) is 4.06. The minimum Gasteiger partial charge on any atom is -0.348 e. The predicted octanol–water partition coefficient (Wildman–Crippen LogP) is 3.86. The number of amides is 1. The van der Waals surface area contributed by atoms with Gasteiger partial charge in [0.2, 0.25) is 0 Å². The fourth-order valence-electron chi connectivity index (χ4n) is 2.59. The number of sulfonamides is 1. The van der Waals surface area contributed by atoms with E-state index >= 15 is 0 Å². The fourth-order valence-corrected chi connectivity index (χ4v) is 3.64. The van der Waals surface area contributed by atoms with Crippen LogP contribution in [-0.2, 0) is 16.6 Å². The van der Waals surface area contributed by atoms with Gasteiger partial charge in [-0.25, -0.2) is 12.8 Å². The number of hydrogen-bond acceptors (Lipinski definition) is 3. The first kappa shape index (κ1) is 19.6. The first-order chi connectivity index (χ1) is 13.3. The molecule has 144 valence electrons. The highest BCUT2D eigenvalue weighted by Crippen LogP contribution is 2.17. The Morgan fingerprint density at radius 2 is 1.64 bits per heavy atom. The molecule has 0 aromatic heterocycles. The second-order valence-electron chi connectivity index (χ2n) is 6.31. The van der Waals surface area contributed by atoms with Crippen LogP contribution in [0.25, 0.3) is 0 Å². The quantitative estimate of drug-likeness (QED) is 0.662. The van der Waals surface area contributed by atoms with Crippen molar-refractivity contribution in [1.29, 1.82) is 0 Å². The summed E-state index contributed by atoms with van der Waals surface area (Å²) in [4.78, 5) is 12.3. The molecular formula is C21H19FN2O3S. The van der Waals surface area contributed by atoms with E-state index < -0.39 is 10.0 Å². The molecule has 0 spiro atoms. The number of rotatable bonds is 6. The second kappa shape index (κ2) is 8.22. The van der Waals surface area contributed by atoms with E-state index in [9.17, 15) is 17.6 Å². The lowest BCUT2D eigenvalue weighted by Crippen LogP contribution is -2.23. The predicted molar refractivity (Wildman–Crippen MR) is 106 cm³/mol. The molecule has 0 aliphatic heterocycles. The maximum Gasteiger partial charge on any atom is 0.261 e. The van der Waals surface area contributed by atoms with E-state index in [-0.39, 0.29) is 23.2 Å². The summed E-state index contributed by atoms with van der Waals surface area (Å²) in [5, 5.41) is 2.71. The Bertz CT molecular complexity index is 1080. The lowest BCUT2D eigenvalue weighted by molar-refractivity contribution is 0.0951. The van der Waals surface area contributed by atoms with Crippen molar-refractivity contribution in [1.82, 2.24) is 5.32 Å². The van der Waals surface area contributed by atoms with Gasteiger partial charge < -0.3 is 5.32 Å². The normalized spacial score (nSPS) is 11.1. The summed E-state index contributed by atoms with van der Waals surface area (Å²) >= 11 is 0. The summed E-state index contributed by atoms with van der Waals surface area (Å²) < 4.78 is 40.4.